The molecule has 0 aliphatic carbocycles. The van der Waals surface area contributed by atoms with E-state index in [4.69, 9.17) is 5.73 Å². The highest BCUT2D eigenvalue weighted by Gasteiger charge is 2.44. The van der Waals surface area contributed by atoms with Crippen LogP contribution in [0.4, 0.5) is 10.1 Å². The molecule has 0 spiro atoms. The summed E-state index contributed by atoms with van der Waals surface area (Å²) >= 11 is 0. The van der Waals surface area contributed by atoms with E-state index >= 15 is 0 Å². The number of nitrogens with zero attached hydrogens (tertiary/aromatic N) is 3. The number of hydrogen-bond acceptors (Lipinski definition) is 6. The Morgan fingerprint density at radius 3 is 2.76 bits per heavy atom. The zero-order chi connectivity index (χ0) is 24.1. The van der Waals surface area contributed by atoms with Crippen LogP contribution in [-0.4, -0.2) is 48.0 Å². The molecule has 0 bridgehead atoms. The lowest BCUT2D eigenvalue weighted by molar-refractivity contribution is 0.0521. The summed E-state index contributed by atoms with van der Waals surface area (Å²) in [6.07, 6.45) is 1.68. The second kappa shape index (κ2) is 10.3. The molecule has 2 aromatic rings. The van der Waals surface area contributed by atoms with Gasteiger partial charge in [0.15, 0.2) is 0 Å². The molecule has 0 saturated heterocycles. The lowest BCUT2D eigenvalue weighted by atomic mass is 9.78. The van der Waals surface area contributed by atoms with Crippen molar-refractivity contribution < 1.29 is 14.3 Å². The van der Waals surface area contributed by atoms with Gasteiger partial charge in [-0.15, -0.1) is 0 Å². The molecule has 1 unspecified atom stereocenters. The third-order valence-corrected chi connectivity index (χ3v) is 5.56. The first-order valence-electron chi connectivity index (χ1n) is 10.7. The Kier molecular flexibility index (Phi) is 7.46. The monoisotopic (exact) mass is 449 g/mol. The fourth-order valence-electron chi connectivity index (χ4n) is 4.28. The van der Waals surface area contributed by atoms with Gasteiger partial charge in [-0.25, -0.2) is 4.39 Å². The van der Waals surface area contributed by atoms with Gasteiger partial charge in [-0.1, -0.05) is 19.9 Å². The molecule has 172 valence electrons. The highest BCUT2D eigenvalue weighted by molar-refractivity contribution is 5.99. The lowest BCUT2D eigenvalue weighted by Gasteiger charge is -2.45. The summed E-state index contributed by atoms with van der Waals surface area (Å²) in [5.74, 6) is -1.40. The molecule has 1 heterocycles. The highest BCUT2D eigenvalue weighted by atomic mass is 19.1. The van der Waals surface area contributed by atoms with Crippen molar-refractivity contribution in [3.8, 4) is 6.07 Å². The molecule has 0 radical (unpaired) electrons. The first-order valence-corrected chi connectivity index (χ1v) is 10.7. The molecular weight excluding hydrogens is 421 g/mol. The number of benzene rings is 2. The predicted molar refractivity (Wildman–Crippen MR) is 126 cm³/mol. The predicted octanol–water partition coefficient (Wildman–Crippen LogP) is 3.24. The number of aliphatic hydroxyl groups excluding tert-OH is 1. The number of amides is 1. The van der Waals surface area contributed by atoms with Gasteiger partial charge >= 0.3 is 0 Å². The Morgan fingerprint density at radius 2 is 2.12 bits per heavy atom. The number of rotatable bonds is 7. The van der Waals surface area contributed by atoms with E-state index in [0.29, 0.717) is 34.5 Å². The van der Waals surface area contributed by atoms with Crippen LogP contribution in [0.3, 0.4) is 0 Å². The minimum Gasteiger partial charge on any atom is -0.404 e. The van der Waals surface area contributed by atoms with E-state index in [-0.39, 0.29) is 11.8 Å². The number of nitriles is 1. The van der Waals surface area contributed by atoms with Gasteiger partial charge in [0.2, 0.25) is 0 Å². The summed E-state index contributed by atoms with van der Waals surface area (Å²) in [5, 5.41) is 23.6. The molecule has 1 aliphatic heterocycles. The first kappa shape index (κ1) is 24.0. The molecule has 1 aliphatic rings. The zero-order valence-electron chi connectivity index (χ0n) is 18.9. The zero-order valence-corrected chi connectivity index (χ0v) is 18.9. The van der Waals surface area contributed by atoms with Crippen LogP contribution in [-0.2, 0) is 0 Å². The molecule has 7 nitrogen and oxygen atoms in total. The molecule has 3 atom stereocenters. The van der Waals surface area contributed by atoms with Gasteiger partial charge in [0.1, 0.15) is 12.0 Å². The van der Waals surface area contributed by atoms with Crippen LogP contribution < -0.4 is 11.1 Å². The summed E-state index contributed by atoms with van der Waals surface area (Å²) in [4.78, 5) is 19.2. The molecule has 0 saturated carbocycles. The number of aliphatic hydroxyl groups is 1. The van der Waals surface area contributed by atoms with E-state index in [2.05, 4.69) is 16.4 Å². The van der Waals surface area contributed by atoms with E-state index < -0.39 is 24.0 Å². The van der Waals surface area contributed by atoms with E-state index in [9.17, 15) is 19.6 Å². The molecule has 0 aromatic heterocycles. The number of halogens is 1. The average molecular weight is 450 g/mol. The maximum Gasteiger partial charge on any atom is 0.254 e. The van der Waals surface area contributed by atoms with Crippen LogP contribution in [0.2, 0.25) is 0 Å². The van der Waals surface area contributed by atoms with Crippen molar-refractivity contribution in [1.29, 1.82) is 5.26 Å². The topological polar surface area (TPSA) is 115 Å². The molecular formula is C25H28FN5O2. The number of anilines is 1. The number of carbonyl (C=O) groups excluding carboxylic acids is 1. The Hall–Kier alpha value is -3.70. The van der Waals surface area contributed by atoms with Crippen molar-refractivity contribution in [3.63, 3.8) is 0 Å². The Bertz CT molecular complexity index is 1120. The number of fused-ring (bicyclic) bond motifs is 1. The number of carbonyl (C=O) groups is 1. The Labute approximate surface area is 193 Å². The maximum atomic E-state index is 14.3. The smallest absolute Gasteiger partial charge is 0.254 e. The van der Waals surface area contributed by atoms with Gasteiger partial charge in [-0.05, 0) is 47.9 Å². The first-order chi connectivity index (χ1) is 15.8. The minimum atomic E-state index is -1.23. The average Bonchev–Trinajstić information content (AvgIpc) is 2.79. The molecule has 0 fully saturated rings. The number of aliphatic imine (C=N–C) groups is 1. The quantitative estimate of drug-likeness (QED) is 0.443. The van der Waals surface area contributed by atoms with Crippen molar-refractivity contribution >= 4 is 17.8 Å². The summed E-state index contributed by atoms with van der Waals surface area (Å²) in [7, 11) is 1.59. The van der Waals surface area contributed by atoms with E-state index in [1.165, 1.54) is 24.4 Å². The van der Waals surface area contributed by atoms with Crippen molar-refractivity contribution in [2.45, 2.75) is 32.0 Å². The minimum absolute atomic E-state index is 0.133. The largest absolute Gasteiger partial charge is 0.404 e. The second-order valence-corrected chi connectivity index (χ2v) is 8.39. The van der Waals surface area contributed by atoms with Gasteiger partial charge in [0, 0.05) is 42.8 Å². The van der Waals surface area contributed by atoms with Gasteiger partial charge < -0.3 is 21.1 Å². The van der Waals surface area contributed by atoms with Gasteiger partial charge in [-0.3, -0.25) is 9.79 Å². The summed E-state index contributed by atoms with van der Waals surface area (Å²) in [5.41, 5.74) is 8.11. The van der Waals surface area contributed by atoms with Gasteiger partial charge in [-0.2, -0.15) is 5.26 Å². The van der Waals surface area contributed by atoms with Crippen molar-refractivity contribution in [2.24, 2.45) is 16.6 Å². The normalized spacial score (nSPS) is 19.5. The third kappa shape index (κ3) is 5.04. The summed E-state index contributed by atoms with van der Waals surface area (Å²) in [6, 6.07) is 12.0. The molecule has 4 N–H and O–H groups in total. The van der Waals surface area contributed by atoms with Crippen molar-refractivity contribution in [1.82, 2.24) is 4.90 Å². The fourth-order valence-corrected chi connectivity index (χ4v) is 4.28. The highest BCUT2D eigenvalue weighted by Crippen LogP contribution is 2.39. The van der Waals surface area contributed by atoms with Crippen LogP contribution in [0.25, 0.3) is 0 Å². The van der Waals surface area contributed by atoms with E-state index in [1.54, 1.807) is 42.4 Å². The van der Waals surface area contributed by atoms with Gasteiger partial charge in [0.05, 0.1) is 23.6 Å². The summed E-state index contributed by atoms with van der Waals surface area (Å²) < 4.78 is 14.3. The maximum absolute atomic E-state index is 14.3. The van der Waals surface area contributed by atoms with Crippen LogP contribution in [0, 0.1) is 23.1 Å². The third-order valence-electron chi connectivity index (χ3n) is 5.56. The van der Waals surface area contributed by atoms with Crippen LogP contribution in [0.15, 0.2) is 59.2 Å². The van der Waals surface area contributed by atoms with E-state index in [0.717, 1.165) is 0 Å². The molecule has 3 rings (SSSR count). The number of nitrogens with two attached hydrogens (primary N) is 1. The SMILES string of the molecule is CN=CC(=CN)[C@@H]1[C@@H](C(O)Nc2cccc(C#N)c2)c2cc(F)ccc2C(=O)N1CC(C)C. The summed E-state index contributed by atoms with van der Waals surface area (Å²) in [6.45, 7) is 4.38. The van der Waals surface area contributed by atoms with Crippen molar-refractivity contribution in [3.05, 3.63) is 76.7 Å². The molecule has 1 amide bonds. The Balaban J connectivity index is 2.17. The van der Waals surface area contributed by atoms with E-state index in [1.807, 2.05) is 13.8 Å². The van der Waals surface area contributed by atoms with Crippen LogP contribution in [0.1, 0.15) is 41.3 Å². The van der Waals surface area contributed by atoms with Crippen molar-refractivity contribution in [2.75, 3.05) is 18.9 Å². The second-order valence-electron chi connectivity index (χ2n) is 8.39. The number of hydrogen-bond donors (Lipinski definition) is 3. The van der Waals surface area contributed by atoms with Gasteiger partial charge in [0.25, 0.3) is 5.91 Å². The fraction of sp³-hybridized carbons (Fsp3) is 0.320. The lowest BCUT2D eigenvalue weighted by Crippen LogP contribution is -2.54. The standard InChI is InChI=1S/C25H28FN5O2/c1-15(2)14-31-23(17(12-28)13-29-3)22(21-10-18(26)7-8-20(21)25(31)33)24(32)30-19-6-4-5-16(9-19)11-27/h4-10,12-13,15,22-24,30,32H,14,28H2,1-3H3/t22-,23+,24?/m0/s1. The van der Waals surface area contributed by atoms with Crippen LogP contribution >= 0.6 is 0 Å². The molecule has 2 aromatic carbocycles. The Morgan fingerprint density at radius 1 is 1.36 bits per heavy atom. The number of nitrogens with one attached hydrogen (secondary N) is 1. The molecule has 8 heteroatoms. The van der Waals surface area contributed by atoms with Crippen LogP contribution in [0.5, 0.6) is 0 Å². The molecule has 33 heavy (non-hydrogen) atoms.